The number of anilines is 1. The Kier molecular flexibility index (Phi) is 3.17. The quantitative estimate of drug-likeness (QED) is 0.826. The van der Waals surface area contributed by atoms with Gasteiger partial charge in [0.2, 0.25) is 0 Å². The highest BCUT2D eigenvalue weighted by Crippen LogP contribution is 2.36. The van der Waals surface area contributed by atoms with Gasteiger partial charge in [0.15, 0.2) is 0 Å². The maximum Gasteiger partial charge on any atom is 0.326 e. The first-order valence-corrected chi connectivity index (χ1v) is 5.44. The number of carboxylic acids is 1. The van der Waals surface area contributed by atoms with E-state index in [1.807, 2.05) is 0 Å². The Labute approximate surface area is 98.4 Å². The fraction of sp³-hybridized carbons (Fsp3) is 0.417. The molecule has 0 aromatic heterocycles. The summed E-state index contributed by atoms with van der Waals surface area (Å²) in [6, 6.07) is 3.37. The lowest BCUT2D eigenvalue weighted by Gasteiger charge is -2.17. The van der Waals surface area contributed by atoms with Gasteiger partial charge in [-0.3, -0.25) is 0 Å². The van der Waals surface area contributed by atoms with Crippen LogP contribution in [0.15, 0.2) is 18.2 Å². The zero-order chi connectivity index (χ0) is 12.4. The molecule has 17 heavy (non-hydrogen) atoms. The van der Waals surface area contributed by atoms with Gasteiger partial charge in [0.1, 0.15) is 17.6 Å². The molecule has 0 spiro atoms. The number of carboxylic acid groups (broad SMARTS) is 1. The van der Waals surface area contributed by atoms with Crippen LogP contribution in [0.4, 0.5) is 10.1 Å². The number of hydrogen-bond acceptors (Lipinski definition) is 3. The average molecular weight is 239 g/mol. The second-order valence-corrected chi connectivity index (χ2v) is 4.14. The predicted octanol–water partition coefficient (Wildman–Crippen LogP) is 2.11. The van der Waals surface area contributed by atoms with Gasteiger partial charge in [0.05, 0.1) is 12.8 Å². The molecular formula is C12H14FNO3. The van der Waals surface area contributed by atoms with Crippen molar-refractivity contribution in [2.45, 2.75) is 18.9 Å². The highest BCUT2D eigenvalue weighted by Gasteiger charge is 2.36. The van der Waals surface area contributed by atoms with Gasteiger partial charge < -0.3 is 15.2 Å². The summed E-state index contributed by atoms with van der Waals surface area (Å²) in [5.41, 5.74) is 0.508. The third-order valence-electron chi connectivity index (χ3n) is 2.83. The minimum absolute atomic E-state index is 0.155. The molecule has 4 nitrogen and oxygen atoms in total. The van der Waals surface area contributed by atoms with Gasteiger partial charge in [-0.15, -0.1) is 0 Å². The molecule has 0 radical (unpaired) electrons. The summed E-state index contributed by atoms with van der Waals surface area (Å²) in [6.45, 7) is 0. The van der Waals surface area contributed by atoms with Crippen LogP contribution in [0.2, 0.25) is 0 Å². The second-order valence-electron chi connectivity index (χ2n) is 4.14. The summed E-state index contributed by atoms with van der Waals surface area (Å²) in [5.74, 6) is -0.830. The van der Waals surface area contributed by atoms with Gasteiger partial charge in [-0.1, -0.05) is 0 Å². The summed E-state index contributed by atoms with van der Waals surface area (Å²) >= 11 is 0. The zero-order valence-electron chi connectivity index (χ0n) is 9.44. The summed E-state index contributed by atoms with van der Waals surface area (Å²) in [4.78, 5) is 11.1. The highest BCUT2D eigenvalue weighted by molar-refractivity contribution is 5.79. The fourth-order valence-corrected chi connectivity index (χ4v) is 1.76. The van der Waals surface area contributed by atoms with Crippen LogP contribution in [-0.2, 0) is 4.79 Å². The van der Waals surface area contributed by atoms with Crippen molar-refractivity contribution < 1.29 is 19.0 Å². The first-order chi connectivity index (χ1) is 8.11. The molecule has 1 aliphatic rings. The van der Waals surface area contributed by atoms with E-state index in [4.69, 9.17) is 9.84 Å². The second kappa shape index (κ2) is 4.61. The van der Waals surface area contributed by atoms with Crippen LogP contribution in [0.25, 0.3) is 0 Å². The maximum absolute atomic E-state index is 13.0. The molecule has 1 atom stereocenters. The first-order valence-electron chi connectivity index (χ1n) is 5.44. The van der Waals surface area contributed by atoms with Crippen molar-refractivity contribution >= 4 is 11.7 Å². The summed E-state index contributed by atoms with van der Waals surface area (Å²) in [5, 5.41) is 12.0. The minimum atomic E-state index is -0.890. The average Bonchev–Trinajstić information content (AvgIpc) is 3.10. The molecule has 1 fully saturated rings. The number of benzene rings is 1. The Balaban J connectivity index is 2.18. The van der Waals surface area contributed by atoms with Crippen molar-refractivity contribution in [2.75, 3.05) is 12.4 Å². The third kappa shape index (κ3) is 2.67. The van der Waals surface area contributed by atoms with Gasteiger partial charge in [-0.2, -0.15) is 0 Å². The Hall–Kier alpha value is -1.78. The summed E-state index contributed by atoms with van der Waals surface area (Å²) in [7, 11) is 1.42. The minimum Gasteiger partial charge on any atom is -0.494 e. The predicted molar refractivity (Wildman–Crippen MR) is 60.7 cm³/mol. The van der Waals surface area contributed by atoms with Crippen molar-refractivity contribution in [1.29, 1.82) is 0 Å². The molecule has 0 bridgehead atoms. The summed E-state index contributed by atoms with van der Waals surface area (Å²) < 4.78 is 18.0. The van der Waals surface area contributed by atoms with Crippen LogP contribution in [0.1, 0.15) is 12.8 Å². The highest BCUT2D eigenvalue weighted by atomic mass is 19.1. The van der Waals surface area contributed by atoms with E-state index in [0.29, 0.717) is 11.4 Å². The van der Waals surface area contributed by atoms with E-state index in [9.17, 15) is 9.18 Å². The smallest absolute Gasteiger partial charge is 0.326 e. The Morgan fingerprint density at radius 2 is 2.29 bits per heavy atom. The van der Waals surface area contributed by atoms with E-state index in [1.165, 1.54) is 25.3 Å². The molecule has 5 heteroatoms. The van der Waals surface area contributed by atoms with Gasteiger partial charge in [0.25, 0.3) is 0 Å². The molecule has 1 aliphatic carbocycles. The van der Waals surface area contributed by atoms with Gasteiger partial charge in [-0.05, 0) is 30.9 Å². The van der Waals surface area contributed by atoms with Crippen LogP contribution < -0.4 is 10.1 Å². The van der Waals surface area contributed by atoms with Crippen LogP contribution in [0.3, 0.4) is 0 Å². The van der Waals surface area contributed by atoms with Gasteiger partial charge in [-0.25, -0.2) is 9.18 Å². The monoisotopic (exact) mass is 239 g/mol. The molecule has 2 rings (SSSR count). The molecule has 1 saturated carbocycles. The zero-order valence-corrected chi connectivity index (χ0v) is 9.44. The number of halogens is 1. The lowest BCUT2D eigenvalue weighted by atomic mass is 10.1. The number of methoxy groups -OCH3 is 1. The van der Waals surface area contributed by atoms with Crippen molar-refractivity contribution in [1.82, 2.24) is 0 Å². The molecule has 92 valence electrons. The molecular weight excluding hydrogens is 225 g/mol. The molecule has 1 aromatic rings. The van der Waals surface area contributed by atoms with Gasteiger partial charge >= 0.3 is 5.97 Å². The number of rotatable bonds is 5. The molecule has 0 heterocycles. The van der Waals surface area contributed by atoms with Crippen LogP contribution >= 0.6 is 0 Å². The van der Waals surface area contributed by atoms with Crippen LogP contribution in [0.5, 0.6) is 5.75 Å². The first kappa shape index (κ1) is 11.7. The largest absolute Gasteiger partial charge is 0.494 e. The van der Waals surface area contributed by atoms with Crippen LogP contribution in [-0.4, -0.2) is 24.2 Å². The van der Waals surface area contributed by atoms with Gasteiger partial charge in [0, 0.05) is 6.07 Å². The molecule has 1 unspecified atom stereocenters. The van der Waals surface area contributed by atoms with E-state index in [-0.39, 0.29) is 5.92 Å². The standard InChI is InChI=1S/C12H14FNO3/c1-17-10-6-8(13)4-5-9(10)14-11(12(15)16)7-2-3-7/h4-7,11,14H,2-3H2,1H3,(H,15,16). The Morgan fingerprint density at radius 1 is 1.59 bits per heavy atom. The molecule has 0 saturated heterocycles. The third-order valence-corrected chi connectivity index (χ3v) is 2.83. The molecule has 0 aliphatic heterocycles. The van der Waals surface area contributed by atoms with E-state index in [2.05, 4.69) is 5.32 Å². The van der Waals surface area contributed by atoms with E-state index < -0.39 is 17.8 Å². The number of aliphatic carboxylic acids is 1. The number of carbonyl (C=O) groups is 1. The van der Waals surface area contributed by atoms with Crippen molar-refractivity contribution in [3.63, 3.8) is 0 Å². The van der Waals surface area contributed by atoms with Crippen molar-refractivity contribution in [2.24, 2.45) is 5.92 Å². The maximum atomic E-state index is 13.0. The summed E-state index contributed by atoms with van der Waals surface area (Å²) in [6.07, 6.45) is 1.82. The molecule has 1 aromatic carbocycles. The fourth-order valence-electron chi connectivity index (χ4n) is 1.76. The lowest BCUT2D eigenvalue weighted by Crippen LogP contribution is -2.31. The SMILES string of the molecule is COc1cc(F)ccc1NC(C(=O)O)C1CC1. The molecule has 2 N–H and O–H groups in total. The lowest BCUT2D eigenvalue weighted by molar-refractivity contribution is -0.138. The van der Waals surface area contributed by atoms with E-state index in [1.54, 1.807) is 0 Å². The topological polar surface area (TPSA) is 58.6 Å². The Morgan fingerprint density at radius 3 is 2.82 bits per heavy atom. The van der Waals surface area contributed by atoms with Crippen molar-refractivity contribution in [3.05, 3.63) is 24.0 Å². The normalized spacial score (nSPS) is 16.4. The van der Waals surface area contributed by atoms with E-state index in [0.717, 1.165) is 12.8 Å². The number of ether oxygens (including phenoxy) is 1. The molecule has 0 amide bonds. The number of hydrogen-bond donors (Lipinski definition) is 2. The van der Waals surface area contributed by atoms with Crippen molar-refractivity contribution in [3.8, 4) is 5.75 Å². The Bertz CT molecular complexity index is 432. The van der Waals surface area contributed by atoms with Crippen LogP contribution in [0, 0.1) is 11.7 Å². The van der Waals surface area contributed by atoms with E-state index >= 15 is 0 Å². The number of nitrogens with one attached hydrogen (secondary N) is 1.